The number of rotatable bonds is 5. The molecule has 0 aliphatic carbocycles. The first-order valence-electron chi connectivity index (χ1n) is 19.6. The fraction of sp³-hybridized carbons (Fsp3) is 0. The van der Waals surface area contributed by atoms with Gasteiger partial charge in [-0.1, -0.05) is 140 Å². The van der Waals surface area contributed by atoms with Gasteiger partial charge in [-0.3, -0.25) is 0 Å². The first kappa shape index (κ1) is 32.4. The maximum absolute atomic E-state index is 5.04. The Morgan fingerprint density at radius 1 is 0.259 bits per heavy atom. The summed E-state index contributed by atoms with van der Waals surface area (Å²) in [5, 5.41) is 9.80. The van der Waals surface area contributed by atoms with Crippen molar-refractivity contribution in [2.45, 2.75) is 0 Å². The van der Waals surface area contributed by atoms with E-state index in [0.29, 0.717) is 17.5 Å². The lowest BCUT2D eigenvalue weighted by molar-refractivity contribution is 1.07. The van der Waals surface area contributed by atoms with Crippen molar-refractivity contribution in [2.24, 2.45) is 0 Å². The average Bonchev–Trinajstić information content (AvgIpc) is 3.79. The van der Waals surface area contributed by atoms with E-state index in [4.69, 9.17) is 15.0 Å². The minimum Gasteiger partial charge on any atom is -0.309 e. The molecule has 5 heteroatoms. The molecule has 0 aliphatic rings. The Morgan fingerprint density at radius 3 is 1.31 bits per heavy atom. The average molecular weight is 740 g/mol. The molecule has 0 aliphatic heterocycles. The Balaban J connectivity index is 1.03. The molecule has 3 aromatic heterocycles. The van der Waals surface area contributed by atoms with Gasteiger partial charge in [0.05, 0.1) is 22.1 Å². The Bertz CT molecular complexity index is 3510. The number of fused-ring (bicyclic) bond motifs is 8. The molecule has 270 valence electrons. The van der Waals surface area contributed by atoms with Crippen molar-refractivity contribution < 1.29 is 0 Å². The predicted molar refractivity (Wildman–Crippen MR) is 240 cm³/mol. The summed E-state index contributed by atoms with van der Waals surface area (Å²) in [6.45, 7) is 0. The van der Waals surface area contributed by atoms with Crippen LogP contribution in [0.4, 0.5) is 0 Å². The van der Waals surface area contributed by atoms with Crippen molar-refractivity contribution in [2.75, 3.05) is 0 Å². The molecular formula is C53H33N5. The molecule has 0 spiro atoms. The van der Waals surface area contributed by atoms with E-state index in [1.807, 2.05) is 60.7 Å². The molecular weight excluding hydrogens is 707 g/mol. The molecule has 9 aromatic carbocycles. The molecule has 0 bridgehead atoms. The zero-order valence-electron chi connectivity index (χ0n) is 31.3. The topological polar surface area (TPSA) is 48.5 Å². The zero-order chi connectivity index (χ0) is 38.2. The van der Waals surface area contributed by atoms with Crippen LogP contribution in [-0.2, 0) is 0 Å². The first-order chi connectivity index (χ1) is 28.7. The Kier molecular flexibility index (Phi) is 7.16. The summed E-state index contributed by atoms with van der Waals surface area (Å²) in [4.78, 5) is 15.0. The van der Waals surface area contributed by atoms with Crippen molar-refractivity contribution in [3.05, 3.63) is 200 Å². The highest BCUT2D eigenvalue weighted by Gasteiger charge is 2.18. The molecule has 12 aromatic rings. The third kappa shape index (κ3) is 5.14. The number of hydrogen-bond donors (Lipinski definition) is 0. The summed E-state index contributed by atoms with van der Waals surface area (Å²) in [7, 11) is 0. The Labute approximate surface area is 333 Å². The van der Waals surface area contributed by atoms with Gasteiger partial charge >= 0.3 is 0 Å². The minimum absolute atomic E-state index is 0.631. The van der Waals surface area contributed by atoms with Crippen LogP contribution in [0.1, 0.15) is 0 Å². The zero-order valence-corrected chi connectivity index (χ0v) is 31.3. The van der Waals surface area contributed by atoms with Crippen molar-refractivity contribution in [3.8, 4) is 45.5 Å². The normalized spacial score (nSPS) is 11.8. The molecule has 0 atom stereocenters. The molecule has 0 N–H and O–H groups in total. The summed E-state index contributed by atoms with van der Waals surface area (Å²) in [5.41, 5.74) is 9.71. The molecule has 12 rings (SSSR count). The fourth-order valence-corrected chi connectivity index (χ4v) is 8.77. The highest BCUT2D eigenvalue weighted by Crippen LogP contribution is 2.39. The van der Waals surface area contributed by atoms with Gasteiger partial charge in [-0.15, -0.1) is 0 Å². The van der Waals surface area contributed by atoms with E-state index in [9.17, 15) is 0 Å². The summed E-state index contributed by atoms with van der Waals surface area (Å²) in [6, 6.07) is 71.1. The van der Waals surface area contributed by atoms with E-state index in [-0.39, 0.29) is 0 Å². The van der Waals surface area contributed by atoms with Gasteiger partial charge in [0.1, 0.15) is 0 Å². The van der Waals surface area contributed by atoms with Gasteiger partial charge < -0.3 is 9.13 Å². The van der Waals surface area contributed by atoms with E-state index < -0.39 is 0 Å². The summed E-state index contributed by atoms with van der Waals surface area (Å²) in [5.74, 6) is 1.92. The van der Waals surface area contributed by atoms with E-state index in [1.165, 1.54) is 54.1 Å². The summed E-state index contributed by atoms with van der Waals surface area (Å²) in [6.07, 6.45) is 0. The van der Waals surface area contributed by atoms with Crippen molar-refractivity contribution in [1.29, 1.82) is 0 Å². The Morgan fingerprint density at radius 2 is 0.707 bits per heavy atom. The second kappa shape index (κ2) is 12.8. The molecule has 3 heterocycles. The fourth-order valence-electron chi connectivity index (χ4n) is 8.77. The maximum atomic E-state index is 5.04. The van der Waals surface area contributed by atoms with Crippen LogP contribution in [0.25, 0.3) is 111 Å². The number of benzene rings is 9. The van der Waals surface area contributed by atoms with Gasteiger partial charge in [0.25, 0.3) is 0 Å². The van der Waals surface area contributed by atoms with Gasteiger partial charge in [-0.05, 0) is 82.2 Å². The molecule has 0 fully saturated rings. The Hall–Kier alpha value is -7.89. The predicted octanol–water partition coefficient (Wildman–Crippen LogP) is 13.4. The standard InChI is InChI=1S/C53H33N5/c1-3-14-34(15-4-1)51-54-52(35-16-5-2-6-17-35)56-53(55-51)39-20-13-21-41(28-39)57-47-24-11-10-23-44(47)46-31-40-29-42(27-26-38(40)33-50(46)57)58-48-25-12-9-22-43(48)45-30-36-18-7-8-19-37(36)32-49(45)58/h1-33H. The third-order valence-electron chi connectivity index (χ3n) is 11.5. The van der Waals surface area contributed by atoms with Crippen LogP contribution in [0, 0.1) is 0 Å². The quantitative estimate of drug-likeness (QED) is 0.177. The van der Waals surface area contributed by atoms with E-state index in [1.54, 1.807) is 0 Å². The van der Waals surface area contributed by atoms with Gasteiger partial charge in [0, 0.05) is 49.6 Å². The molecule has 0 saturated heterocycles. The van der Waals surface area contributed by atoms with E-state index in [0.717, 1.165) is 39.1 Å². The van der Waals surface area contributed by atoms with E-state index >= 15 is 0 Å². The molecule has 0 radical (unpaired) electrons. The minimum atomic E-state index is 0.631. The lowest BCUT2D eigenvalue weighted by Crippen LogP contribution is -2.01. The number of nitrogens with zero attached hydrogens (tertiary/aromatic N) is 5. The summed E-state index contributed by atoms with van der Waals surface area (Å²) >= 11 is 0. The van der Waals surface area contributed by atoms with Gasteiger partial charge in [0.15, 0.2) is 17.5 Å². The van der Waals surface area contributed by atoms with Gasteiger partial charge in [-0.2, -0.15) is 0 Å². The highest BCUT2D eigenvalue weighted by molar-refractivity contribution is 6.15. The number of para-hydroxylation sites is 2. The van der Waals surface area contributed by atoms with Crippen LogP contribution >= 0.6 is 0 Å². The van der Waals surface area contributed by atoms with Gasteiger partial charge in [0.2, 0.25) is 0 Å². The van der Waals surface area contributed by atoms with Crippen LogP contribution in [0.15, 0.2) is 200 Å². The number of hydrogen-bond acceptors (Lipinski definition) is 3. The van der Waals surface area contributed by atoms with Crippen molar-refractivity contribution >= 4 is 65.2 Å². The van der Waals surface area contributed by atoms with Crippen molar-refractivity contribution in [1.82, 2.24) is 24.1 Å². The second-order valence-corrected chi connectivity index (χ2v) is 14.9. The first-order valence-corrected chi connectivity index (χ1v) is 19.6. The van der Waals surface area contributed by atoms with Gasteiger partial charge in [-0.25, -0.2) is 15.0 Å². The maximum Gasteiger partial charge on any atom is 0.164 e. The second-order valence-electron chi connectivity index (χ2n) is 14.9. The molecule has 58 heavy (non-hydrogen) atoms. The molecule has 0 saturated carbocycles. The van der Waals surface area contributed by atoms with Crippen LogP contribution in [-0.4, -0.2) is 24.1 Å². The summed E-state index contributed by atoms with van der Waals surface area (Å²) < 4.78 is 4.79. The highest BCUT2D eigenvalue weighted by atomic mass is 15.0. The SMILES string of the molecule is c1ccc(-c2nc(-c3ccccc3)nc(-c3cccc(-n4c5ccccc5c5cc6cc(-n7c8ccccc8c8cc9ccccc9cc87)ccc6cc54)c3)n2)cc1. The number of aromatic nitrogens is 5. The van der Waals surface area contributed by atoms with Crippen LogP contribution in [0.2, 0.25) is 0 Å². The smallest absolute Gasteiger partial charge is 0.164 e. The van der Waals surface area contributed by atoms with E-state index in [2.05, 4.69) is 149 Å². The lowest BCUT2D eigenvalue weighted by Gasteiger charge is -2.12. The lowest BCUT2D eigenvalue weighted by atomic mass is 10.0. The van der Waals surface area contributed by atoms with Crippen LogP contribution in [0.3, 0.4) is 0 Å². The molecule has 0 amide bonds. The monoisotopic (exact) mass is 739 g/mol. The largest absolute Gasteiger partial charge is 0.309 e. The van der Waals surface area contributed by atoms with Crippen molar-refractivity contribution in [3.63, 3.8) is 0 Å². The third-order valence-corrected chi connectivity index (χ3v) is 11.5. The molecule has 0 unspecified atom stereocenters. The van der Waals surface area contributed by atoms with Crippen LogP contribution < -0.4 is 0 Å². The molecule has 5 nitrogen and oxygen atoms in total. The van der Waals surface area contributed by atoms with Crippen LogP contribution in [0.5, 0.6) is 0 Å².